The highest BCUT2D eigenvalue weighted by atomic mass is 16.6. The number of nitrogen functional groups attached to an aromatic ring is 1. The zero-order valence-electron chi connectivity index (χ0n) is 8.23. The van der Waals surface area contributed by atoms with Crippen LogP contribution in [-0.4, -0.2) is 19.8 Å². The van der Waals surface area contributed by atoms with Gasteiger partial charge in [0.05, 0.1) is 15.9 Å². The van der Waals surface area contributed by atoms with Crippen LogP contribution in [-0.2, 0) is 0 Å². The molecule has 0 aliphatic heterocycles. The molecule has 0 radical (unpaired) electrons. The Labute approximate surface area is 93.2 Å². The van der Waals surface area contributed by atoms with Gasteiger partial charge in [0.2, 0.25) is 0 Å². The number of nitro benzene ring substituents is 2. The van der Waals surface area contributed by atoms with E-state index in [4.69, 9.17) is 5.73 Å². The number of nitrogens with two attached hydrogens (primary N) is 1. The van der Waals surface area contributed by atoms with Crippen molar-refractivity contribution in [3.05, 3.63) is 38.7 Å². The molecule has 0 aliphatic rings. The average Bonchev–Trinajstić information content (AvgIpc) is 2.29. The first-order valence-electron chi connectivity index (χ1n) is 4.34. The zero-order chi connectivity index (χ0) is 12.6. The SMILES string of the molecule is Nc1c([N+](=O)[O-])cc([N+](=O)[O-])c2nccnc12. The maximum Gasteiger partial charge on any atom is 0.304 e. The second kappa shape index (κ2) is 3.63. The van der Waals surface area contributed by atoms with Crippen molar-refractivity contribution in [2.45, 2.75) is 0 Å². The summed E-state index contributed by atoms with van der Waals surface area (Å²) in [5.41, 5.74) is 4.13. The van der Waals surface area contributed by atoms with Crippen molar-refractivity contribution in [3.8, 4) is 0 Å². The van der Waals surface area contributed by atoms with Gasteiger partial charge in [0.15, 0.2) is 5.52 Å². The van der Waals surface area contributed by atoms with Gasteiger partial charge in [0, 0.05) is 12.4 Å². The molecule has 0 amide bonds. The summed E-state index contributed by atoms with van der Waals surface area (Å²) >= 11 is 0. The Bertz CT molecular complexity index is 641. The molecule has 17 heavy (non-hydrogen) atoms. The molecule has 2 N–H and O–H groups in total. The van der Waals surface area contributed by atoms with E-state index in [1.54, 1.807) is 0 Å². The highest BCUT2D eigenvalue weighted by molar-refractivity contribution is 5.97. The molecular formula is C8H5N5O4. The summed E-state index contributed by atoms with van der Waals surface area (Å²) in [4.78, 5) is 27.4. The van der Waals surface area contributed by atoms with E-state index in [0.717, 1.165) is 6.07 Å². The normalized spacial score (nSPS) is 10.4. The summed E-state index contributed by atoms with van der Waals surface area (Å²) in [6.45, 7) is 0. The number of anilines is 1. The average molecular weight is 235 g/mol. The van der Waals surface area contributed by atoms with Crippen LogP contribution in [0.1, 0.15) is 0 Å². The van der Waals surface area contributed by atoms with Crippen LogP contribution in [0.2, 0.25) is 0 Å². The fraction of sp³-hybridized carbons (Fsp3) is 0. The third kappa shape index (κ3) is 1.58. The van der Waals surface area contributed by atoms with E-state index in [0.29, 0.717) is 0 Å². The number of aromatic nitrogens is 2. The van der Waals surface area contributed by atoms with E-state index in [2.05, 4.69) is 9.97 Å². The molecule has 2 aromatic rings. The molecule has 2 rings (SSSR count). The van der Waals surface area contributed by atoms with Crippen LogP contribution < -0.4 is 5.73 Å². The Kier molecular flexibility index (Phi) is 2.28. The maximum atomic E-state index is 10.8. The van der Waals surface area contributed by atoms with Gasteiger partial charge in [-0.05, 0) is 0 Å². The maximum absolute atomic E-state index is 10.8. The van der Waals surface area contributed by atoms with Crippen LogP contribution in [0.15, 0.2) is 18.5 Å². The van der Waals surface area contributed by atoms with Crippen molar-refractivity contribution < 1.29 is 9.85 Å². The molecule has 1 heterocycles. The fourth-order valence-corrected chi connectivity index (χ4v) is 1.41. The number of fused-ring (bicyclic) bond motifs is 1. The Morgan fingerprint density at radius 3 is 2.06 bits per heavy atom. The minimum Gasteiger partial charge on any atom is -0.391 e. The Morgan fingerprint density at radius 2 is 1.53 bits per heavy atom. The molecule has 0 bridgehead atoms. The van der Waals surface area contributed by atoms with Gasteiger partial charge in [0.1, 0.15) is 11.2 Å². The van der Waals surface area contributed by atoms with E-state index in [9.17, 15) is 20.2 Å². The molecule has 0 unspecified atom stereocenters. The van der Waals surface area contributed by atoms with Gasteiger partial charge in [-0.25, -0.2) is 4.98 Å². The first-order chi connectivity index (χ1) is 8.02. The molecule has 0 fully saturated rings. The van der Waals surface area contributed by atoms with E-state index in [-0.39, 0.29) is 16.7 Å². The zero-order valence-corrected chi connectivity index (χ0v) is 8.23. The van der Waals surface area contributed by atoms with Crippen molar-refractivity contribution >= 4 is 28.1 Å². The van der Waals surface area contributed by atoms with Gasteiger partial charge < -0.3 is 5.73 Å². The van der Waals surface area contributed by atoms with Gasteiger partial charge in [-0.1, -0.05) is 0 Å². The van der Waals surface area contributed by atoms with Crippen LogP contribution in [0, 0.1) is 20.2 Å². The molecular weight excluding hydrogens is 230 g/mol. The molecule has 9 nitrogen and oxygen atoms in total. The third-order valence-corrected chi connectivity index (χ3v) is 2.14. The molecule has 0 aliphatic carbocycles. The number of hydrogen-bond donors (Lipinski definition) is 1. The molecule has 1 aromatic heterocycles. The summed E-state index contributed by atoms with van der Waals surface area (Å²) in [6, 6.07) is 0.784. The monoisotopic (exact) mass is 235 g/mol. The molecule has 1 aromatic carbocycles. The van der Waals surface area contributed by atoms with Crippen molar-refractivity contribution in [1.82, 2.24) is 9.97 Å². The van der Waals surface area contributed by atoms with Gasteiger partial charge in [-0.3, -0.25) is 25.2 Å². The lowest BCUT2D eigenvalue weighted by molar-refractivity contribution is -0.392. The lowest BCUT2D eigenvalue weighted by atomic mass is 10.2. The molecule has 0 spiro atoms. The number of nitrogens with zero attached hydrogens (tertiary/aromatic N) is 4. The lowest BCUT2D eigenvalue weighted by Gasteiger charge is -2.02. The van der Waals surface area contributed by atoms with Crippen LogP contribution in [0.3, 0.4) is 0 Å². The summed E-state index contributed by atoms with van der Waals surface area (Å²) in [5.74, 6) is 0. The lowest BCUT2D eigenvalue weighted by Crippen LogP contribution is -2.01. The highest BCUT2D eigenvalue weighted by Gasteiger charge is 2.25. The minimum absolute atomic E-state index is 0.0478. The van der Waals surface area contributed by atoms with Gasteiger partial charge >= 0.3 is 11.4 Å². The summed E-state index contributed by atoms with van der Waals surface area (Å²) in [5, 5.41) is 21.5. The van der Waals surface area contributed by atoms with E-state index in [1.165, 1.54) is 12.4 Å². The Morgan fingerprint density at radius 1 is 1.00 bits per heavy atom. The summed E-state index contributed by atoms with van der Waals surface area (Å²) in [7, 11) is 0. The van der Waals surface area contributed by atoms with Gasteiger partial charge in [-0.2, -0.15) is 0 Å². The second-order valence-electron chi connectivity index (χ2n) is 3.10. The summed E-state index contributed by atoms with van der Waals surface area (Å²) in [6.07, 6.45) is 2.51. The quantitative estimate of drug-likeness (QED) is 0.465. The van der Waals surface area contributed by atoms with E-state index >= 15 is 0 Å². The number of nitro groups is 2. The van der Waals surface area contributed by atoms with E-state index in [1.807, 2.05) is 0 Å². The fourth-order valence-electron chi connectivity index (χ4n) is 1.41. The highest BCUT2D eigenvalue weighted by Crippen LogP contribution is 2.34. The molecule has 86 valence electrons. The van der Waals surface area contributed by atoms with Crippen molar-refractivity contribution in [3.63, 3.8) is 0 Å². The molecule has 9 heteroatoms. The van der Waals surface area contributed by atoms with Crippen LogP contribution in [0.5, 0.6) is 0 Å². The second-order valence-corrected chi connectivity index (χ2v) is 3.10. The topological polar surface area (TPSA) is 138 Å². The van der Waals surface area contributed by atoms with Crippen LogP contribution in [0.4, 0.5) is 17.1 Å². The smallest absolute Gasteiger partial charge is 0.304 e. The predicted molar refractivity (Wildman–Crippen MR) is 57.3 cm³/mol. The molecule has 0 atom stereocenters. The number of benzene rings is 1. The first-order valence-corrected chi connectivity index (χ1v) is 4.34. The van der Waals surface area contributed by atoms with Crippen LogP contribution in [0.25, 0.3) is 11.0 Å². The largest absolute Gasteiger partial charge is 0.391 e. The van der Waals surface area contributed by atoms with Crippen molar-refractivity contribution in [2.24, 2.45) is 0 Å². The van der Waals surface area contributed by atoms with Crippen molar-refractivity contribution in [1.29, 1.82) is 0 Å². The Hall–Kier alpha value is -2.84. The predicted octanol–water partition coefficient (Wildman–Crippen LogP) is 1.03. The Balaban J connectivity index is 2.94. The minimum atomic E-state index is -0.795. The number of rotatable bonds is 2. The van der Waals surface area contributed by atoms with Crippen LogP contribution >= 0.6 is 0 Å². The third-order valence-electron chi connectivity index (χ3n) is 2.14. The van der Waals surface area contributed by atoms with Gasteiger partial charge in [0.25, 0.3) is 0 Å². The summed E-state index contributed by atoms with van der Waals surface area (Å²) < 4.78 is 0. The van der Waals surface area contributed by atoms with Crippen molar-refractivity contribution in [2.75, 3.05) is 5.73 Å². The molecule has 0 saturated heterocycles. The first kappa shape index (κ1) is 10.7. The standard InChI is InChI=1S/C8H5N5O4/c9-6-4(12(14)15)3-5(13(16)17)7-8(6)11-2-1-10-7/h1-3H,9H2. The van der Waals surface area contributed by atoms with Gasteiger partial charge in [-0.15, -0.1) is 0 Å². The number of hydrogen-bond acceptors (Lipinski definition) is 7. The number of non-ortho nitro benzene ring substituents is 1. The molecule has 0 saturated carbocycles. The van der Waals surface area contributed by atoms with E-state index < -0.39 is 21.2 Å².